The minimum atomic E-state index is -4.61. The Morgan fingerprint density at radius 1 is 1.04 bits per heavy atom. The number of rotatable bonds is 5. The molecule has 128 valence electrons. The van der Waals surface area contributed by atoms with Crippen molar-refractivity contribution >= 4 is 11.9 Å². The summed E-state index contributed by atoms with van der Waals surface area (Å²) in [5.41, 5.74) is -1.42. The van der Waals surface area contributed by atoms with Gasteiger partial charge in [0, 0.05) is 0 Å². The molecule has 0 saturated carbocycles. The number of hydrogen-bond donors (Lipinski definition) is 1. The third kappa shape index (κ3) is 4.40. The topological polar surface area (TPSA) is 63.6 Å². The molecule has 0 bridgehead atoms. The maximum atomic E-state index is 13.5. The Balaban J connectivity index is 2.98. The van der Waals surface area contributed by atoms with E-state index in [1.807, 2.05) is 0 Å². The first-order chi connectivity index (χ1) is 10.4. The van der Waals surface area contributed by atoms with Gasteiger partial charge in [0.25, 0.3) is 0 Å². The van der Waals surface area contributed by atoms with Crippen molar-refractivity contribution in [2.75, 3.05) is 0 Å². The average Bonchev–Trinajstić information content (AvgIpc) is 2.42. The molecule has 0 heterocycles. The van der Waals surface area contributed by atoms with Crippen LogP contribution in [0.3, 0.4) is 0 Å². The predicted octanol–water partition coefficient (Wildman–Crippen LogP) is 3.61. The Morgan fingerprint density at radius 3 is 1.87 bits per heavy atom. The molecule has 0 spiro atoms. The Labute approximate surface area is 127 Å². The molecule has 1 unspecified atom stereocenters. The number of aliphatic carboxylic acids is 1. The molecule has 1 N–H and O–H groups in total. The smallest absolute Gasteiger partial charge is 0.416 e. The van der Waals surface area contributed by atoms with Crippen LogP contribution in [0.25, 0.3) is 0 Å². The average molecular weight is 340 g/mol. The highest BCUT2D eigenvalue weighted by Gasteiger charge is 2.51. The molecule has 0 saturated heterocycles. The van der Waals surface area contributed by atoms with Gasteiger partial charge in [-0.25, -0.2) is 9.59 Å². The van der Waals surface area contributed by atoms with Gasteiger partial charge in [-0.3, -0.25) is 0 Å². The molecular formula is C14H13F5O4. The fraction of sp³-hybridized carbons (Fsp3) is 0.429. The Bertz CT molecular complexity index is 578. The van der Waals surface area contributed by atoms with Crippen LogP contribution in [0.2, 0.25) is 0 Å². The molecule has 1 rings (SSSR count). The van der Waals surface area contributed by atoms with Gasteiger partial charge < -0.3 is 9.84 Å². The molecule has 1 aromatic carbocycles. The summed E-state index contributed by atoms with van der Waals surface area (Å²) in [5, 5.41) is 8.50. The molecule has 0 aliphatic rings. The van der Waals surface area contributed by atoms with Crippen LogP contribution in [0.5, 0.6) is 0 Å². The second-order valence-corrected chi connectivity index (χ2v) is 5.07. The second-order valence-electron chi connectivity index (χ2n) is 5.07. The molecular weight excluding hydrogens is 327 g/mol. The zero-order valence-electron chi connectivity index (χ0n) is 12.0. The van der Waals surface area contributed by atoms with Gasteiger partial charge in [0.2, 0.25) is 0 Å². The number of carbonyl (C=O) groups is 2. The van der Waals surface area contributed by atoms with Gasteiger partial charge in [0.05, 0.1) is 11.1 Å². The van der Waals surface area contributed by atoms with E-state index in [0.29, 0.717) is 12.1 Å². The van der Waals surface area contributed by atoms with E-state index in [1.165, 1.54) is 13.8 Å². The molecule has 0 amide bonds. The number of carboxylic acids is 1. The summed E-state index contributed by atoms with van der Waals surface area (Å²) in [5.74, 6) is -9.15. The number of carbonyl (C=O) groups excluding carboxylic acids is 1. The van der Waals surface area contributed by atoms with Crippen LogP contribution in [0.4, 0.5) is 22.0 Å². The van der Waals surface area contributed by atoms with Gasteiger partial charge in [0.15, 0.2) is 6.10 Å². The van der Waals surface area contributed by atoms with E-state index in [1.54, 1.807) is 0 Å². The molecule has 9 heteroatoms. The van der Waals surface area contributed by atoms with E-state index in [0.717, 1.165) is 12.1 Å². The number of esters is 1. The highest BCUT2D eigenvalue weighted by atomic mass is 19.4. The van der Waals surface area contributed by atoms with Gasteiger partial charge in [-0.05, 0) is 30.2 Å². The summed E-state index contributed by atoms with van der Waals surface area (Å²) in [4.78, 5) is 22.3. The van der Waals surface area contributed by atoms with Gasteiger partial charge >= 0.3 is 24.0 Å². The quantitative estimate of drug-likeness (QED) is 0.657. The lowest BCUT2D eigenvalue weighted by atomic mass is 10.0. The van der Waals surface area contributed by atoms with Crippen molar-refractivity contribution in [1.29, 1.82) is 0 Å². The van der Waals surface area contributed by atoms with Crippen LogP contribution in [-0.4, -0.2) is 29.1 Å². The fourth-order valence-corrected chi connectivity index (χ4v) is 1.73. The lowest BCUT2D eigenvalue weighted by molar-refractivity contribution is -0.187. The Morgan fingerprint density at radius 2 is 1.52 bits per heavy atom. The summed E-state index contributed by atoms with van der Waals surface area (Å²) in [7, 11) is 0. The molecule has 1 atom stereocenters. The van der Waals surface area contributed by atoms with Crippen LogP contribution in [0.1, 0.15) is 29.8 Å². The van der Waals surface area contributed by atoms with Crippen molar-refractivity contribution in [3.63, 3.8) is 0 Å². The number of benzene rings is 1. The third-order valence-electron chi connectivity index (χ3n) is 2.93. The van der Waals surface area contributed by atoms with Gasteiger partial charge in [-0.2, -0.15) is 22.0 Å². The van der Waals surface area contributed by atoms with Gasteiger partial charge in [-0.1, -0.05) is 13.8 Å². The van der Waals surface area contributed by atoms with Crippen LogP contribution in [0.15, 0.2) is 24.3 Å². The van der Waals surface area contributed by atoms with Gasteiger partial charge in [-0.15, -0.1) is 0 Å². The van der Waals surface area contributed by atoms with E-state index < -0.39 is 47.2 Å². The van der Waals surface area contributed by atoms with Crippen molar-refractivity contribution in [1.82, 2.24) is 0 Å². The zero-order valence-corrected chi connectivity index (χ0v) is 12.0. The van der Waals surface area contributed by atoms with Gasteiger partial charge in [0.1, 0.15) is 0 Å². The standard InChI is InChI=1S/C14H13F5O4/c1-7(2)10(13(15,16)12(21)22)23-11(20)8-3-5-9(6-4-8)14(17,18)19/h3-7,10H,1-2H3,(H,21,22). The summed E-state index contributed by atoms with van der Waals surface area (Å²) >= 11 is 0. The highest BCUT2D eigenvalue weighted by molar-refractivity contribution is 5.90. The van der Waals surface area contributed by atoms with Crippen LogP contribution in [0, 0.1) is 5.92 Å². The molecule has 0 aliphatic carbocycles. The highest BCUT2D eigenvalue weighted by Crippen LogP contribution is 2.30. The van der Waals surface area contributed by atoms with E-state index in [4.69, 9.17) is 5.11 Å². The lowest BCUT2D eigenvalue weighted by Crippen LogP contribution is -2.47. The Hall–Kier alpha value is -2.19. The van der Waals surface area contributed by atoms with Crippen LogP contribution in [-0.2, 0) is 15.7 Å². The molecule has 23 heavy (non-hydrogen) atoms. The maximum Gasteiger partial charge on any atom is 0.416 e. The SMILES string of the molecule is CC(C)C(OC(=O)c1ccc(C(F)(F)F)cc1)C(F)(F)C(=O)O. The molecule has 0 fully saturated rings. The van der Waals surface area contributed by atoms with Crippen molar-refractivity contribution in [3.05, 3.63) is 35.4 Å². The molecule has 0 aliphatic heterocycles. The van der Waals surface area contributed by atoms with E-state index in [9.17, 15) is 31.5 Å². The summed E-state index contributed by atoms with van der Waals surface area (Å²) < 4.78 is 68.8. The predicted molar refractivity (Wildman–Crippen MR) is 68.1 cm³/mol. The monoisotopic (exact) mass is 340 g/mol. The fourth-order valence-electron chi connectivity index (χ4n) is 1.73. The maximum absolute atomic E-state index is 13.5. The summed E-state index contributed by atoms with van der Waals surface area (Å²) in [6.07, 6.45) is -6.87. The first-order valence-electron chi connectivity index (χ1n) is 6.36. The molecule has 0 radical (unpaired) electrons. The second kappa shape index (κ2) is 6.51. The summed E-state index contributed by atoms with van der Waals surface area (Å²) in [6.45, 7) is 2.45. The minimum Gasteiger partial charge on any atom is -0.477 e. The minimum absolute atomic E-state index is 0.398. The zero-order chi connectivity index (χ0) is 18.0. The third-order valence-corrected chi connectivity index (χ3v) is 2.93. The molecule has 1 aromatic rings. The van der Waals surface area contributed by atoms with Crippen molar-refractivity contribution in [3.8, 4) is 0 Å². The number of alkyl halides is 5. The molecule has 4 nitrogen and oxygen atoms in total. The normalized spacial score (nSPS) is 13.7. The van der Waals surface area contributed by atoms with Crippen molar-refractivity contribution in [2.45, 2.75) is 32.1 Å². The number of carboxylic acid groups (broad SMARTS) is 1. The summed E-state index contributed by atoms with van der Waals surface area (Å²) in [6, 6.07) is 2.72. The van der Waals surface area contributed by atoms with Crippen LogP contribution < -0.4 is 0 Å². The first kappa shape index (κ1) is 18.9. The van der Waals surface area contributed by atoms with Crippen molar-refractivity contribution in [2.24, 2.45) is 5.92 Å². The number of hydrogen-bond acceptors (Lipinski definition) is 3. The van der Waals surface area contributed by atoms with Crippen LogP contribution >= 0.6 is 0 Å². The molecule has 0 aromatic heterocycles. The van der Waals surface area contributed by atoms with Crippen molar-refractivity contribution < 1.29 is 41.4 Å². The number of halogens is 5. The van der Waals surface area contributed by atoms with E-state index in [2.05, 4.69) is 4.74 Å². The van der Waals surface area contributed by atoms with E-state index in [-0.39, 0.29) is 0 Å². The largest absolute Gasteiger partial charge is 0.477 e. The Kier molecular flexibility index (Phi) is 5.34. The number of ether oxygens (including phenoxy) is 1. The van der Waals surface area contributed by atoms with E-state index >= 15 is 0 Å². The first-order valence-corrected chi connectivity index (χ1v) is 6.36. The lowest BCUT2D eigenvalue weighted by Gasteiger charge is -2.26.